The highest BCUT2D eigenvalue weighted by Crippen LogP contribution is 2.45. The molecule has 0 saturated carbocycles. The first-order valence-electron chi connectivity index (χ1n) is 22.6. The van der Waals surface area contributed by atoms with Gasteiger partial charge in [-0.05, 0) is 90.5 Å². The van der Waals surface area contributed by atoms with Gasteiger partial charge in [-0.1, -0.05) is 127 Å². The van der Waals surface area contributed by atoms with E-state index in [1.807, 2.05) is 185 Å². The van der Waals surface area contributed by atoms with Crippen LogP contribution >= 0.6 is 0 Å². The van der Waals surface area contributed by atoms with E-state index in [1.54, 1.807) is 12.1 Å². The Hall–Kier alpha value is -9.57. The second-order valence-electron chi connectivity index (χ2n) is 17.1. The van der Waals surface area contributed by atoms with Crippen LogP contribution in [0, 0.1) is 22.7 Å². The van der Waals surface area contributed by atoms with Crippen molar-refractivity contribution in [3.8, 4) is 79.7 Å². The molecule has 0 unspecified atom stereocenters. The Kier molecular flexibility index (Phi) is 9.94. The molecule has 4 aromatic heterocycles. The number of alkyl halides is 3. The van der Waals surface area contributed by atoms with Crippen LogP contribution in [-0.2, 0) is 6.18 Å². The predicted molar refractivity (Wildman–Crippen MR) is 272 cm³/mol. The van der Waals surface area contributed by atoms with Crippen molar-refractivity contribution in [2.75, 3.05) is 0 Å². The van der Waals surface area contributed by atoms with E-state index in [-0.39, 0.29) is 22.3 Å². The van der Waals surface area contributed by atoms with Crippen LogP contribution in [0.5, 0.6) is 0 Å². The van der Waals surface area contributed by atoms with Gasteiger partial charge in [0.05, 0.1) is 73.4 Å². The molecule has 330 valence electrons. The van der Waals surface area contributed by atoms with E-state index in [0.717, 1.165) is 94.7 Å². The molecule has 0 amide bonds. The lowest BCUT2D eigenvalue weighted by atomic mass is 9.92. The number of benzene rings is 8. The third kappa shape index (κ3) is 6.96. The molecule has 0 aliphatic carbocycles. The zero-order valence-corrected chi connectivity index (χ0v) is 37.0. The number of rotatable bonds is 7. The number of aromatic nitrogens is 4. The number of nitriles is 2. The maximum atomic E-state index is 15.2. The highest BCUT2D eigenvalue weighted by molar-refractivity contribution is 6.12. The lowest BCUT2D eigenvalue weighted by Crippen LogP contribution is -2.10. The van der Waals surface area contributed by atoms with Crippen molar-refractivity contribution in [1.82, 2.24) is 19.1 Å². The minimum absolute atomic E-state index is 0.127. The summed E-state index contributed by atoms with van der Waals surface area (Å²) < 4.78 is 49.5. The Morgan fingerprint density at radius 1 is 0.371 bits per heavy atom. The second-order valence-corrected chi connectivity index (χ2v) is 17.1. The number of halogens is 3. The fourth-order valence-electron chi connectivity index (χ4n) is 9.93. The molecule has 0 aliphatic rings. The van der Waals surface area contributed by atoms with Gasteiger partial charge in [-0.15, -0.1) is 0 Å². The first kappa shape index (κ1) is 41.8. The molecule has 8 aromatic carbocycles. The highest BCUT2D eigenvalue weighted by Gasteiger charge is 2.35. The normalized spacial score (nSPS) is 11.6. The van der Waals surface area contributed by atoms with Crippen LogP contribution in [0.2, 0.25) is 0 Å². The molecule has 0 radical (unpaired) electrons. The molecular formula is C61H35F3N6. The molecule has 0 bridgehead atoms. The fraction of sp³-hybridized carbons (Fsp3) is 0.0164. The molecule has 0 fully saturated rings. The molecule has 0 saturated heterocycles. The van der Waals surface area contributed by atoms with E-state index in [0.29, 0.717) is 11.4 Å². The maximum absolute atomic E-state index is 15.2. The molecule has 6 nitrogen and oxygen atoms in total. The minimum Gasteiger partial charge on any atom is -0.308 e. The number of hydrogen-bond acceptors (Lipinski definition) is 4. The Balaban J connectivity index is 1.13. The molecule has 9 heteroatoms. The topological polar surface area (TPSA) is 83.2 Å². The predicted octanol–water partition coefficient (Wildman–Crippen LogP) is 15.8. The summed E-state index contributed by atoms with van der Waals surface area (Å²) in [6.07, 6.45) is -4.80. The molecule has 0 N–H and O–H groups in total. The van der Waals surface area contributed by atoms with E-state index >= 15 is 13.2 Å². The average Bonchev–Trinajstić information content (AvgIpc) is 3.92. The van der Waals surface area contributed by atoms with E-state index < -0.39 is 11.7 Å². The summed E-state index contributed by atoms with van der Waals surface area (Å²) >= 11 is 0. The minimum atomic E-state index is -4.80. The molecule has 12 aromatic rings. The molecule has 0 atom stereocenters. The van der Waals surface area contributed by atoms with Gasteiger partial charge >= 0.3 is 6.18 Å². The van der Waals surface area contributed by atoms with Gasteiger partial charge in [0.15, 0.2) is 0 Å². The van der Waals surface area contributed by atoms with Crippen LogP contribution < -0.4 is 0 Å². The van der Waals surface area contributed by atoms with Crippen molar-refractivity contribution in [3.63, 3.8) is 0 Å². The molecule has 0 aliphatic heterocycles. The van der Waals surface area contributed by atoms with Crippen molar-refractivity contribution in [3.05, 3.63) is 229 Å². The standard InChI is InChI=1S/C61H35F3N6/c62-61(63,64)49-21-11-18-42(36-65)60(49)43-34-58(69-54-26-9-7-19-44(54)46-32-40(28-30-56(46)69)52-24-12-22-50(67-52)38-14-3-1-4-15-38)48(37-66)59(35-43)70-55-27-10-8-20-45(55)47-33-41(29-31-57(47)70)53-25-13-23-51(68-53)39-16-5-2-6-17-39/h1-35H. The van der Waals surface area contributed by atoms with Gasteiger partial charge in [0.1, 0.15) is 11.6 Å². The van der Waals surface area contributed by atoms with Crippen molar-refractivity contribution < 1.29 is 13.2 Å². The largest absolute Gasteiger partial charge is 0.417 e. The zero-order chi connectivity index (χ0) is 47.5. The smallest absolute Gasteiger partial charge is 0.308 e. The summed E-state index contributed by atoms with van der Waals surface area (Å²) in [7, 11) is 0. The molecule has 4 heterocycles. The lowest BCUT2D eigenvalue weighted by Gasteiger charge is -2.20. The van der Waals surface area contributed by atoms with Crippen LogP contribution in [0.25, 0.3) is 111 Å². The van der Waals surface area contributed by atoms with Gasteiger partial charge in [-0.25, -0.2) is 9.97 Å². The lowest BCUT2D eigenvalue weighted by molar-refractivity contribution is -0.137. The summed E-state index contributed by atoms with van der Waals surface area (Å²) in [6.45, 7) is 0. The Bertz CT molecular complexity index is 3920. The Labute approximate surface area is 399 Å². The monoisotopic (exact) mass is 908 g/mol. The number of fused-ring (bicyclic) bond motifs is 6. The van der Waals surface area contributed by atoms with Crippen molar-refractivity contribution >= 4 is 43.6 Å². The maximum Gasteiger partial charge on any atom is 0.417 e. The van der Waals surface area contributed by atoms with E-state index in [9.17, 15) is 10.5 Å². The Morgan fingerprint density at radius 2 is 0.800 bits per heavy atom. The number of hydrogen-bond donors (Lipinski definition) is 0. The number of nitrogens with zero attached hydrogens (tertiary/aromatic N) is 6. The van der Waals surface area contributed by atoms with Gasteiger partial charge in [0, 0.05) is 49.4 Å². The summed E-state index contributed by atoms with van der Waals surface area (Å²) in [4.78, 5) is 10.1. The molecule has 70 heavy (non-hydrogen) atoms. The van der Waals surface area contributed by atoms with Gasteiger partial charge in [-0.2, -0.15) is 23.7 Å². The second kappa shape index (κ2) is 16.6. The summed E-state index contributed by atoms with van der Waals surface area (Å²) in [5, 5.41) is 25.5. The quantitative estimate of drug-likeness (QED) is 0.159. The van der Waals surface area contributed by atoms with E-state index in [4.69, 9.17) is 9.97 Å². The highest BCUT2D eigenvalue weighted by atomic mass is 19.4. The molecule has 12 rings (SSSR count). The number of para-hydroxylation sites is 2. The van der Waals surface area contributed by atoms with Crippen LogP contribution in [-0.4, -0.2) is 19.1 Å². The van der Waals surface area contributed by atoms with Gasteiger partial charge in [0.25, 0.3) is 0 Å². The molecule has 0 spiro atoms. The third-order valence-corrected chi connectivity index (χ3v) is 13.0. The number of pyridine rings is 2. The first-order chi connectivity index (χ1) is 34.3. The van der Waals surface area contributed by atoms with Crippen molar-refractivity contribution in [2.24, 2.45) is 0 Å². The Morgan fingerprint density at radius 3 is 1.26 bits per heavy atom. The van der Waals surface area contributed by atoms with Crippen LogP contribution in [0.4, 0.5) is 13.2 Å². The van der Waals surface area contributed by atoms with Crippen LogP contribution in [0.15, 0.2) is 212 Å². The summed E-state index contributed by atoms with van der Waals surface area (Å²) in [6, 6.07) is 70.9. The average molecular weight is 909 g/mol. The third-order valence-electron chi connectivity index (χ3n) is 13.0. The van der Waals surface area contributed by atoms with Crippen molar-refractivity contribution in [1.29, 1.82) is 10.5 Å². The fourth-order valence-corrected chi connectivity index (χ4v) is 9.93. The zero-order valence-electron chi connectivity index (χ0n) is 37.0. The van der Waals surface area contributed by atoms with E-state index in [2.05, 4.69) is 18.2 Å². The van der Waals surface area contributed by atoms with Crippen LogP contribution in [0.3, 0.4) is 0 Å². The SMILES string of the molecule is N#Cc1cccc(C(F)(F)F)c1-c1cc(-n2c3ccccc3c3cc(-c4cccc(-c5ccccc5)n4)ccc32)c(C#N)c(-n2c3ccccc3c3cc(-c4cccc(-c5ccccc5)n4)ccc32)c1. The van der Waals surface area contributed by atoms with Crippen LogP contribution in [0.1, 0.15) is 16.7 Å². The van der Waals surface area contributed by atoms with Gasteiger partial charge in [-0.3, -0.25) is 0 Å². The molecular weight excluding hydrogens is 874 g/mol. The van der Waals surface area contributed by atoms with Gasteiger partial charge in [0.2, 0.25) is 0 Å². The van der Waals surface area contributed by atoms with Gasteiger partial charge < -0.3 is 9.13 Å². The van der Waals surface area contributed by atoms with E-state index in [1.165, 1.54) is 12.1 Å². The van der Waals surface area contributed by atoms with Crippen molar-refractivity contribution in [2.45, 2.75) is 6.18 Å². The summed E-state index contributed by atoms with van der Waals surface area (Å²) in [5.74, 6) is 0. The summed E-state index contributed by atoms with van der Waals surface area (Å²) in [5.41, 5.74) is 9.51. The first-order valence-corrected chi connectivity index (χ1v) is 22.6.